The van der Waals surface area contributed by atoms with Gasteiger partial charge in [-0.1, -0.05) is 42.5 Å². The lowest BCUT2D eigenvalue weighted by atomic mass is 10.1. The molecule has 0 aliphatic heterocycles. The summed E-state index contributed by atoms with van der Waals surface area (Å²) in [5.74, 6) is 0.786. The SMILES string of the molecule is OCc1ccc(COc2cccc3cccnc23)cc1. The molecule has 0 fully saturated rings. The molecular formula is C17H15NO2. The first-order valence-electron chi connectivity index (χ1n) is 6.52. The fraction of sp³-hybridized carbons (Fsp3) is 0.118. The molecule has 1 N–H and O–H groups in total. The minimum Gasteiger partial charge on any atom is -0.487 e. The van der Waals surface area contributed by atoms with Crippen molar-refractivity contribution in [2.75, 3.05) is 0 Å². The highest BCUT2D eigenvalue weighted by Crippen LogP contribution is 2.23. The van der Waals surface area contributed by atoms with Gasteiger partial charge in [-0.3, -0.25) is 4.98 Å². The second-order valence-electron chi connectivity index (χ2n) is 4.59. The van der Waals surface area contributed by atoms with E-state index in [0.717, 1.165) is 27.8 Å². The maximum absolute atomic E-state index is 9.02. The maximum atomic E-state index is 9.02. The van der Waals surface area contributed by atoms with Gasteiger partial charge < -0.3 is 9.84 Å². The molecule has 1 heterocycles. The van der Waals surface area contributed by atoms with Crippen molar-refractivity contribution < 1.29 is 9.84 Å². The van der Waals surface area contributed by atoms with Crippen molar-refractivity contribution in [1.29, 1.82) is 0 Å². The lowest BCUT2D eigenvalue weighted by molar-refractivity contribution is 0.281. The van der Waals surface area contributed by atoms with Crippen molar-refractivity contribution in [2.24, 2.45) is 0 Å². The molecule has 0 spiro atoms. The smallest absolute Gasteiger partial charge is 0.146 e. The van der Waals surface area contributed by atoms with E-state index in [9.17, 15) is 0 Å². The Labute approximate surface area is 117 Å². The van der Waals surface area contributed by atoms with E-state index in [1.165, 1.54) is 0 Å². The van der Waals surface area contributed by atoms with Gasteiger partial charge in [-0.2, -0.15) is 0 Å². The highest BCUT2D eigenvalue weighted by Gasteiger charge is 2.03. The average Bonchev–Trinajstić information content (AvgIpc) is 2.53. The molecule has 3 aromatic rings. The normalized spacial score (nSPS) is 10.7. The first kappa shape index (κ1) is 12.6. The van der Waals surface area contributed by atoms with Crippen LogP contribution in [0.25, 0.3) is 10.9 Å². The Balaban J connectivity index is 1.79. The molecule has 0 aliphatic carbocycles. The summed E-state index contributed by atoms with van der Waals surface area (Å²) in [4.78, 5) is 4.36. The highest BCUT2D eigenvalue weighted by molar-refractivity contribution is 5.84. The minimum atomic E-state index is 0.0639. The number of para-hydroxylation sites is 1. The average molecular weight is 265 g/mol. The summed E-state index contributed by atoms with van der Waals surface area (Å²) in [5, 5.41) is 10.1. The van der Waals surface area contributed by atoms with Crippen LogP contribution in [-0.2, 0) is 13.2 Å². The molecule has 20 heavy (non-hydrogen) atoms. The summed E-state index contributed by atoms with van der Waals surface area (Å²) in [6, 6.07) is 17.6. The number of aromatic nitrogens is 1. The van der Waals surface area contributed by atoms with Crippen LogP contribution in [0.3, 0.4) is 0 Å². The first-order chi connectivity index (χ1) is 9.86. The van der Waals surface area contributed by atoms with Crippen LogP contribution in [0.5, 0.6) is 5.75 Å². The van der Waals surface area contributed by atoms with Crippen molar-refractivity contribution in [1.82, 2.24) is 4.98 Å². The van der Waals surface area contributed by atoms with E-state index in [1.54, 1.807) is 6.20 Å². The fourth-order valence-electron chi connectivity index (χ4n) is 2.09. The molecule has 0 saturated heterocycles. The second-order valence-corrected chi connectivity index (χ2v) is 4.59. The first-order valence-corrected chi connectivity index (χ1v) is 6.52. The third kappa shape index (κ3) is 2.63. The molecule has 3 nitrogen and oxygen atoms in total. The third-order valence-corrected chi connectivity index (χ3v) is 3.20. The molecule has 0 saturated carbocycles. The van der Waals surface area contributed by atoms with Crippen LogP contribution < -0.4 is 4.74 Å². The molecule has 0 radical (unpaired) electrons. The van der Waals surface area contributed by atoms with Crippen LogP contribution in [0.2, 0.25) is 0 Å². The standard InChI is InChI=1S/C17H15NO2/c19-11-13-6-8-14(9-7-13)12-20-16-5-1-3-15-4-2-10-18-17(15)16/h1-10,19H,11-12H2. The molecule has 0 amide bonds. The Morgan fingerprint density at radius 2 is 1.65 bits per heavy atom. The Morgan fingerprint density at radius 3 is 2.45 bits per heavy atom. The summed E-state index contributed by atoms with van der Waals surface area (Å²) in [6.07, 6.45) is 1.77. The van der Waals surface area contributed by atoms with E-state index < -0.39 is 0 Å². The van der Waals surface area contributed by atoms with Crippen LogP contribution in [0, 0.1) is 0 Å². The maximum Gasteiger partial charge on any atom is 0.146 e. The molecule has 2 aromatic carbocycles. The van der Waals surface area contributed by atoms with Crippen LogP contribution in [0.1, 0.15) is 11.1 Å². The summed E-state index contributed by atoms with van der Waals surface area (Å²) in [7, 11) is 0. The molecule has 0 atom stereocenters. The van der Waals surface area contributed by atoms with E-state index in [2.05, 4.69) is 4.98 Å². The van der Waals surface area contributed by atoms with E-state index >= 15 is 0 Å². The van der Waals surface area contributed by atoms with E-state index in [1.807, 2.05) is 54.6 Å². The number of fused-ring (bicyclic) bond motifs is 1. The minimum absolute atomic E-state index is 0.0639. The predicted octanol–water partition coefficient (Wildman–Crippen LogP) is 3.31. The zero-order valence-corrected chi connectivity index (χ0v) is 11.0. The number of pyridine rings is 1. The fourth-order valence-corrected chi connectivity index (χ4v) is 2.09. The van der Waals surface area contributed by atoms with Gasteiger partial charge in [-0.25, -0.2) is 0 Å². The molecule has 0 bridgehead atoms. The number of hydrogen-bond donors (Lipinski definition) is 1. The van der Waals surface area contributed by atoms with Gasteiger partial charge in [-0.05, 0) is 23.3 Å². The lowest BCUT2D eigenvalue weighted by Gasteiger charge is -2.09. The van der Waals surface area contributed by atoms with Crippen molar-refractivity contribution >= 4 is 10.9 Å². The molecule has 3 heteroatoms. The van der Waals surface area contributed by atoms with Crippen molar-refractivity contribution in [3.8, 4) is 5.75 Å². The van der Waals surface area contributed by atoms with Gasteiger partial charge in [-0.15, -0.1) is 0 Å². The largest absolute Gasteiger partial charge is 0.487 e. The lowest BCUT2D eigenvalue weighted by Crippen LogP contribution is -1.97. The number of aliphatic hydroxyl groups excluding tert-OH is 1. The number of rotatable bonds is 4. The van der Waals surface area contributed by atoms with Crippen LogP contribution in [-0.4, -0.2) is 10.1 Å². The van der Waals surface area contributed by atoms with Gasteiger partial charge in [0.2, 0.25) is 0 Å². The highest BCUT2D eigenvalue weighted by atomic mass is 16.5. The van der Waals surface area contributed by atoms with Crippen LogP contribution in [0.15, 0.2) is 60.8 Å². The summed E-state index contributed by atoms with van der Waals surface area (Å²) in [6.45, 7) is 0.551. The summed E-state index contributed by atoms with van der Waals surface area (Å²) < 4.78 is 5.85. The molecule has 0 aliphatic rings. The zero-order valence-electron chi connectivity index (χ0n) is 11.0. The van der Waals surface area contributed by atoms with E-state index in [4.69, 9.17) is 9.84 Å². The Morgan fingerprint density at radius 1 is 0.900 bits per heavy atom. The van der Waals surface area contributed by atoms with E-state index in [0.29, 0.717) is 6.61 Å². The monoisotopic (exact) mass is 265 g/mol. The summed E-state index contributed by atoms with van der Waals surface area (Å²) >= 11 is 0. The zero-order chi connectivity index (χ0) is 13.8. The van der Waals surface area contributed by atoms with Gasteiger partial charge in [0.1, 0.15) is 17.9 Å². The molecule has 1 aromatic heterocycles. The predicted molar refractivity (Wildman–Crippen MR) is 78.4 cm³/mol. The van der Waals surface area contributed by atoms with E-state index in [-0.39, 0.29) is 6.61 Å². The third-order valence-electron chi connectivity index (χ3n) is 3.20. The number of aliphatic hydroxyl groups is 1. The number of benzene rings is 2. The Bertz CT molecular complexity index is 702. The van der Waals surface area contributed by atoms with Gasteiger partial charge in [0, 0.05) is 11.6 Å². The van der Waals surface area contributed by atoms with Crippen molar-refractivity contribution in [3.63, 3.8) is 0 Å². The second kappa shape index (κ2) is 5.72. The topological polar surface area (TPSA) is 42.4 Å². The number of hydrogen-bond acceptors (Lipinski definition) is 3. The Kier molecular flexibility index (Phi) is 3.61. The van der Waals surface area contributed by atoms with Gasteiger partial charge >= 0.3 is 0 Å². The summed E-state index contributed by atoms with van der Waals surface area (Å²) in [5.41, 5.74) is 2.85. The molecular weight excluding hydrogens is 250 g/mol. The molecule has 100 valence electrons. The Hall–Kier alpha value is -2.39. The van der Waals surface area contributed by atoms with Crippen molar-refractivity contribution in [3.05, 3.63) is 71.9 Å². The molecule has 0 unspecified atom stereocenters. The number of ether oxygens (including phenoxy) is 1. The van der Waals surface area contributed by atoms with Gasteiger partial charge in [0.25, 0.3) is 0 Å². The van der Waals surface area contributed by atoms with Crippen molar-refractivity contribution in [2.45, 2.75) is 13.2 Å². The quantitative estimate of drug-likeness (QED) is 0.787. The van der Waals surface area contributed by atoms with Gasteiger partial charge in [0.05, 0.1) is 6.61 Å². The van der Waals surface area contributed by atoms with Gasteiger partial charge in [0.15, 0.2) is 0 Å². The van der Waals surface area contributed by atoms with Crippen LogP contribution in [0.4, 0.5) is 0 Å². The van der Waals surface area contributed by atoms with Crippen LogP contribution >= 0.6 is 0 Å². The number of nitrogens with zero attached hydrogens (tertiary/aromatic N) is 1. The molecule has 3 rings (SSSR count).